The highest BCUT2D eigenvalue weighted by Crippen LogP contribution is 2.37. The number of nitrogens with one attached hydrogen (secondary N) is 4. The first-order valence-electron chi connectivity index (χ1n) is 19.7. The maximum Gasteiger partial charge on any atom is 0.330 e. The molecule has 10 heteroatoms. The predicted molar refractivity (Wildman–Crippen MR) is 223 cm³/mol. The number of hydrogen-bond acceptors (Lipinski definition) is 6. The number of carbonyl (C=O) groups is 5. The molecule has 4 rings (SSSR count). The molecule has 57 heavy (non-hydrogen) atoms. The van der Waals surface area contributed by atoms with Gasteiger partial charge >= 0.3 is 5.97 Å². The number of hydrogen-bond donors (Lipinski definition) is 4. The summed E-state index contributed by atoms with van der Waals surface area (Å²) < 4.78 is 5.11. The van der Waals surface area contributed by atoms with E-state index in [0.717, 1.165) is 22.3 Å². The monoisotopic (exact) mass is 772 g/mol. The van der Waals surface area contributed by atoms with Crippen LogP contribution in [0.15, 0.2) is 133 Å². The van der Waals surface area contributed by atoms with E-state index in [0.29, 0.717) is 6.42 Å². The van der Waals surface area contributed by atoms with Gasteiger partial charge in [0, 0.05) is 30.9 Å². The zero-order chi connectivity index (χ0) is 41.2. The number of ether oxygens (including phenoxy) is 1. The molecule has 0 fully saturated rings. The summed E-state index contributed by atoms with van der Waals surface area (Å²) in [5.74, 6) is -2.40. The largest absolute Gasteiger partial charge is 0.463 e. The summed E-state index contributed by atoms with van der Waals surface area (Å²) in [5.41, 5.74) is 2.36. The van der Waals surface area contributed by atoms with Crippen molar-refractivity contribution >= 4 is 29.6 Å². The standard InChI is InChI=1S/C47H56N4O6/c1-6-57-43(53)30-28-39(48-45(55)41(32-35-19-11-7-12-20-35)50-46(56)40(31-33(2)3)49-44(54)34(4)5)27-29-42(52)51-47(36-21-13-8-14-22-36,37-23-15-9-16-24-37)38-25-17-10-18-26-38/h7-26,28,30,33-34,39-41H,6,27,29,31-32H2,1-5H3,(H,48,55)(H,49,54)(H,50,56)(H,51,52)/b30-28+/t39-,40-,41-/m0/s1. The molecule has 0 aliphatic carbocycles. The van der Waals surface area contributed by atoms with Gasteiger partial charge in [-0.25, -0.2) is 4.79 Å². The van der Waals surface area contributed by atoms with Crippen LogP contribution >= 0.6 is 0 Å². The molecule has 0 spiro atoms. The Labute approximate surface area is 336 Å². The fourth-order valence-corrected chi connectivity index (χ4v) is 6.60. The minimum absolute atomic E-state index is 0.0280. The number of esters is 1. The van der Waals surface area contributed by atoms with Crippen molar-refractivity contribution in [2.24, 2.45) is 11.8 Å². The van der Waals surface area contributed by atoms with Gasteiger partial charge < -0.3 is 26.0 Å². The van der Waals surface area contributed by atoms with Crippen LogP contribution in [0, 0.1) is 11.8 Å². The third kappa shape index (κ3) is 13.0. The smallest absolute Gasteiger partial charge is 0.330 e. The van der Waals surface area contributed by atoms with E-state index in [-0.39, 0.29) is 49.5 Å². The zero-order valence-corrected chi connectivity index (χ0v) is 33.6. The van der Waals surface area contributed by atoms with Crippen molar-refractivity contribution in [3.63, 3.8) is 0 Å². The quantitative estimate of drug-likeness (QED) is 0.0466. The first-order valence-corrected chi connectivity index (χ1v) is 19.7. The average Bonchev–Trinajstić information content (AvgIpc) is 3.21. The van der Waals surface area contributed by atoms with Crippen LogP contribution in [0.25, 0.3) is 0 Å². The Morgan fingerprint density at radius 3 is 1.58 bits per heavy atom. The van der Waals surface area contributed by atoms with Crippen LogP contribution < -0.4 is 21.3 Å². The second-order valence-electron chi connectivity index (χ2n) is 14.8. The molecule has 4 amide bonds. The van der Waals surface area contributed by atoms with Crippen molar-refractivity contribution in [1.29, 1.82) is 0 Å². The van der Waals surface area contributed by atoms with E-state index in [9.17, 15) is 24.0 Å². The van der Waals surface area contributed by atoms with Crippen LogP contribution in [0.4, 0.5) is 0 Å². The summed E-state index contributed by atoms with van der Waals surface area (Å²) in [7, 11) is 0. The Bertz CT molecular complexity index is 1820. The lowest BCUT2D eigenvalue weighted by Gasteiger charge is -2.37. The molecule has 0 saturated carbocycles. The molecule has 300 valence electrons. The van der Waals surface area contributed by atoms with Crippen LogP contribution in [0.1, 0.15) is 76.1 Å². The molecular formula is C47H56N4O6. The van der Waals surface area contributed by atoms with E-state index in [4.69, 9.17) is 4.74 Å². The van der Waals surface area contributed by atoms with Crippen molar-refractivity contribution in [2.75, 3.05) is 6.61 Å². The Balaban J connectivity index is 1.63. The molecule has 4 aromatic rings. The summed E-state index contributed by atoms with van der Waals surface area (Å²) in [5, 5.41) is 12.1. The van der Waals surface area contributed by atoms with E-state index in [1.54, 1.807) is 20.8 Å². The summed E-state index contributed by atoms with van der Waals surface area (Å²) in [6, 6.07) is 35.8. The van der Waals surface area contributed by atoms with Gasteiger partial charge in [0.1, 0.15) is 17.6 Å². The van der Waals surface area contributed by atoms with Crippen LogP contribution in [0.3, 0.4) is 0 Å². The number of amides is 4. The summed E-state index contributed by atoms with van der Waals surface area (Å²) in [6.45, 7) is 9.27. The third-order valence-electron chi connectivity index (χ3n) is 9.49. The molecule has 10 nitrogen and oxygen atoms in total. The van der Waals surface area contributed by atoms with E-state index < -0.39 is 41.4 Å². The van der Waals surface area contributed by atoms with Gasteiger partial charge in [-0.2, -0.15) is 0 Å². The number of rotatable bonds is 20. The number of carbonyl (C=O) groups excluding carboxylic acids is 5. The van der Waals surface area contributed by atoms with E-state index in [2.05, 4.69) is 21.3 Å². The average molecular weight is 773 g/mol. The first-order chi connectivity index (χ1) is 27.4. The van der Waals surface area contributed by atoms with Crippen molar-refractivity contribution < 1.29 is 28.7 Å². The van der Waals surface area contributed by atoms with Crippen molar-refractivity contribution in [2.45, 2.75) is 84.0 Å². The fourth-order valence-electron chi connectivity index (χ4n) is 6.60. The second kappa shape index (κ2) is 21.9. The number of benzene rings is 4. The van der Waals surface area contributed by atoms with Gasteiger partial charge in [0.05, 0.1) is 6.61 Å². The Kier molecular flexibility index (Phi) is 16.8. The molecule has 0 aliphatic heterocycles. The van der Waals surface area contributed by atoms with Gasteiger partial charge in [-0.3, -0.25) is 19.2 Å². The van der Waals surface area contributed by atoms with Gasteiger partial charge in [-0.1, -0.05) is 155 Å². The molecule has 0 radical (unpaired) electrons. The molecule has 0 aromatic heterocycles. The van der Waals surface area contributed by atoms with Gasteiger partial charge in [0.25, 0.3) is 0 Å². The van der Waals surface area contributed by atoms with Crippen LogP contribution in [0.5, 0.6) is 0 Å². The van der Waals surface area contributed by atoms with Crippen LogP contribution in [-0.2, 0) is 40.7 Å². The maximum absolute atomic E-state index is 14.2. The Hall–Kier alpha value is -6.03. The summed E-state index contributed by atoms with van der Waals surface area (Å²) in [6.07, 6.45) is 3.37. The molecule has 0 aliphatic rings. The maximum atomic E-state index is 14.2. The zero-order valence-electron chi connectivity index (χ0n) is 33.6. The van der Waals surface area contributed by atoms with Crippen LogP contribution in [-0.4, -0.2) is 54.3 Å². The normalized spacial score (nSPS) is 13.0. The lowest BCUT2D eigenvalue weighted by molar-refractivity contribution is -0.137. The fraction of sp³-hybridized carbons (Fsp3) is 0.340. The van der Waals surface area contributed by atoms with Gasteiger partial charge in [-0.15, -0.1) is 0 Å². The van der Waals surface area contributed by atoms with E-state index in [1.165, 1.54) is 12.2 Å². The van der Waals surface area contributed by atoms with E-state index in [1.807, 2.05) is 135 Å². The van der Waals surface area contributed by atoms with Gasteiger partial charge in [0.2, 0.25) is 23.6 Å². The molecule has 0 heterocycles. The molecule has 3 atom stereocenters. The van der Waals surface area contributed by atoms with Crippen molar-refractivity contribution in [3.8, 4) is 0 Å². The van der Waals surface area contributed by atoms with Crippen molar-refractivity contribution in [3.05, 3.63) is 156 Å². The molecule has 0 bridgehead atoms. The highest BCUT2D eigenvalue weighted by atomic mass is 16.5. The topological polar surface area (TPSA) is 143 Å². The molecule has 0 unspecified atom stereocenters. The lowest BCUT2D eigenvalue weighted by atomic mass is 9.77. The predicted octanol–water partition coefficient (Wildman–Crippen LogP) is 6.39. The second-order valence-corrected chi connectivity index (χ2v) is 14.8. The summed E-state index contributed by atoms with van der Waals surface area (Å²) in [4.78, 5) is 67.3. The third-order valence-corrected chi connectivity index (χ3v) is 9.49. The minimum Gasteiger partial charge on any atom is -0.463 e. The SMILES string of the molecule is CCOC(=O)/C=C/[C@H](CCC(=O)NC(c1ccccc1)(c1ccccc1)c1ccccc1)NC(=O)[C@H](Cc1ccccc1)NC(=O)[C@H](CC(C)C)NC(=O)C(C)C. The van der Waals surface area contributed by atoms with Gasteiger partial charge in [0.15, 0.2) is 0 Å². The molecule has 4 N–H and O–H groups in total. The van der Waals surface area contributed by atoms with E-state index >= 15 is 0 Å². The highest BCUT2D eigenvalue weighted by molar-refractivity contribution is 5.93. The Morgan fingerprint density at radius 1 is 0.632 bits per heavy atom. The minimum atomic E-state index is -1.04. The first kappa shape index (κ1) is 43.7. The van der Waals surface area contributed by atoms with Gasteiger partial charge in [-0.05, 0) is 47.9 Å². The molecule has 4 aromatic carbocycles. The van der Waals surface area contributed by atoms with Crippen LogP contribution in [0.2, 0.25) is 0 Å². The van der Waals surface area contributed by atoms with Crippen molar-refractivity contribution in [1.82, 2.24) is 21.3 Å². The lowest BCUT2D eigenvalue weighted by Crippen LogP contribution is -2.56. The molecular weight excluding hydrogens is 717 g/mol. The Morgan fingerprint density at radius 2 is 1.11 bits per heavy atom. The summed E-state index contributed by atoms with van der Waals surface area (Å²) >= 11 is 0. The highest BCUT2D eigenvalue weighted by Gasteiger charge is 2.38. The molecule has 0 saturated heterocycles.